The molecule has 0 bridgehead atoms. The number of hydrogen-bond acceptors (Lipinski definition) is 2. The maximum atomic E-state index is 11.4. The highest BCUT2D eigenvalue weighted by Gasteiger charge is 2.23. The molecule has 3 heteroatoms. The number of aryl methyl sites for hydroxylation is 1. The lowest BCUT2D eigenvalue weighted by molar-refractivity contribution is -0.119. The average Bonchev–Trinajstić information content (AvgIpc) is 2.17. The summed E-state index contributed by atoms with van der Waals surface area (Å²) in [4.78, 5) is 11.4. The third-order valence-electron chi connectivity index (χ3n) is 2.89. The van der Waals surface area contributed by atoms with E-state index in [4.69, 9.17) is 0 Å². The van der Waals surface area contributed by atoms with Crippen molar-refractivity contribution in [1.82, 2.24) is 5.32 Å². The molecule has 0 spiro atoms. The molecule has 2 nitrogen and oxygen atoms in total. The Morgan fingerprint density at radius 2 is 2.20 bits per heavy atom. The second-order valence-electron chi connectivity index (χ2n) is 3.89. The molecule has 0 radical (unpaired) electrons. The van der Waals surface area contributed by atoms with Crippen LogP contribution in [0.15, 0.2) is 18.2 Å². The van der Waals surface area contributed by atoms with Crippen LogP contribution in [0.25, 0.3) is 0 Å². The highest BCUT2D eigenvalue weighted by atomic mass is 35.5. The Bertz CT molecular complexity index is 376. The number of rotatable bonds is 1. The van der Waals surface area contributed by atoms with Crippen molar-refractivity contribution in [3.05, 3.63) is 34.9 Å². The first kappa shape index (κ1) is 12.2. The molecule has 1 heterocycles. The molecule has 0 amide bonds. The minimum Gasteiger partial charge on any atom is -0.303 e. The van der Waals surface area contributed by atoms with Gasteiger partial charge in [0.2, 0.25) is 0 Å². The molecule has 0 aromatic heterocycles. The van der Waals surface area contributed by atoms with Gasteiger partial charge in [-0.25, -0.2) is 0 Å². The van der Waals surface area contributed by atoms with E-state index < -0.39 is 0 Å². The summed E-state index contributed by atoms with van der Waals surface area (Å²) >= 11 is 0. The van der Waals surface area contributed by atoms with Crippen LogP contribution in [0.5, 0.6) is 0 Å². The van der Waals surface area contributed by atoms with Gasteiger partial charge in [0.15, 0.2) is 5.78 Å². The number of Topliss-reactive ketones (excluding diaryl/α,β-unsaturated/α-hetero) is 1. The molecule has 0 aliphatic carbocycles. The molecule has 15 heavy (non-hydrogen) atoms. The smallest absolute Gasteiger partial charge is 0.151 e. The molecular formula is C12H16ClNO. The normalized spacial score (nSPS) is 18.9. The van der Waals surface area contributed by atoms with Crippen LogP contribution in [-0.2, 0) is 11.2 Å². The largest absolute Gasteiger partial charge is 0.303 e. The Balaban J connectivity index is 0.00000112. The highest BCUT2D eigenvalue weighted by molar-refractivity contribution is 5.85. The second-order valence-corrected chi connectivity index (χ2v) is 3.89. The van der Waals surface area contributed by atoms with Gasteiger partial charge in [-0.15, -0.1) is 12.4 Å². The van der Waals surface area contributed by atoms with Gasteiger partial charge in [-0.1, -0.05) is 18.2 Å². The molecule has 1 aliphatic rings. The lowest BCUT2D eigenvalue weighted by atomic mass is 9.89. The molecule has 0 saturated carbocycles. The Hall–Kier alpha value is -0.860. The van der Waals surface area contributed by atoms with Crippen molar-refractivity contribution in [2.75, 3.05) is 6.54 Å². The van der Waals surface area contributed by atoms with Crippen molar-refractivity contribution >= 4 is 18.2 Å². The minimum absolute atomic E-state index is 0. The van der Waals surface area contributed by atoms with Crippen LogP contribution in [0.1, 0.15) is 29.7 Å². The van der Waals surface area contributed by atoms with Gasteiger partial charge in [-0.2, -0.15) is 0 Å². The van der Waals surface area contributed by atoms with Crippen LogP contribution in [0.2, 0.25) is 0 Å². The number of carbonyl (C=O) groups is 1. The summed E-state index contributed by atoms with van der Waals surface area (Å²) in [6.45, 7) is 4.67. The fourth-order valence-corrected chi connectivity index (χ4v) is 2.15. The zero-order valence-corrected chi connectivity index (χ0v) is 9.86. The van der Waals surface area contributed by atoms with Gasteiger partial charge in [-0.3, -0.25) is 4.79 Å². The predicted molar refractivity (Wildman–Crippen MR) is 63.6 cm³/mol. The number of fused-ring (bicyclic) bond motifs is 1. The van der Waals surface area contributed by atoms with E-state index in [1.165, 1.54) is 16.7 Å². The van der Waals surface area contributed by atoms with Gasteiger partial charge in [0.25, 0.3) is 0 Å². The van der Waals surface area contributed by atoms with E-state index in [0.717, 1.165) is 13.0 Å². The molecular weight excluding hydrogens is 210 g/mol. The SMILES string of the molecule is CC(=O)C1NCCc2c(C)cccc21.Cl. The number of hydrogen-bond donors (Lipinski definition) is 1. The zero-order chi connectivity index (χ0) is 10.1. The molecule has 1 aliphatic heterocycles. The summed E-state index contributed by atoms with van der Waals surface area (Å²) in [6.07, 6.45) is 1.03. The van der Waals surface area contributed by atoms with Gasteiger partial charge in [0.05, 0.1) is 6.04 Å². The summed E-state index contributed by atoms with van der Waals surface area (Å²) in [5, 5.41) is 3.25. The van der Waals surface area contributed by atoms with Crippen LogP contribution in [0, 0.1) is 6.92 Å². The van der Waals surface area contributed by atoms with E-state index in [1.54, 1.807) is 6.92 Å². The summed E-state index contributed by atoms with van der Waals surface area (Å²) in [5.74, 6) is 0.205. The van der Waals surface area contributed by atoms with Crippen molar-refractivity contribution < 1.29 is 4.79 Å². The fraction of sp³-hybridized carbons (Fsp3) is 0.417. The first-order chi connectivity index (χ1) is 6.70. The summed E-state index contributed by atoms with van der Waals surface area (Å²) in [7, 11) is 0. The molecule has 1 unspecified atom stereocenters. The summed E-state index contributed by atoms with van der Waals surface area (Å²) < 4.78 is 0. The predicted octanol–water partition coefficient (Wildman–Crippen LogP) is 2.19. The number of carbonyl (C=O) groups excluding carboxylic acids is 1. The van der Waals surface area contributed by atoms with Gasteiger partial charge >= 0.3 is 0 Å². The van der Waals surface area contributed by atoms with Crippen LogP contribution < -0.4 is 5.32 Å². The Morgan fingerprint density at radius 3 is 2.87 bits per heavy atom. The first-order valence-electron chi connectivity index (χ1n) is 5.02. The quantitative estimate of drug-likeness (QED) is 0.794. The van der Waals surface area contributed by atoms with Crippen molar-refractivity contribution in [3.63, 3.8) is 0 Å². The van der Waals surface area contributed by atoms with E-state index in [0.29, 0.717) is 0 Å². The third-order valence-corrected chi connectivity index (χ3v) is 2.89. The van der Waals surface area contributed by atoms with E-state index in [1.807, 2.05) is 6.07 Å². The maximum Gasteiger partial charge on any atom is 0.151 e. The van der Waals surface area contributed by atoms with E-state index in [-0.39, 0.29) is 24.2 Å². The second kappa shape index (κ2) is 4.77. The monoisotopic (exact) mass is 225 g/mol. The van der Waals surface area contributed by atoms with Crippen LogP contribution >= 0.6 is 12.4 Å². The van der Waals surface area contributed by atoms with Crippen molar-refractivity contribution in [2.45, 2.75) is 26.3 Å². The molecule has 1 atom stereocenters. The number of halogens is 1. The molecule has 0 fully saturated rings. The maximum absolute atomic E-state index is 11.4. The summed E-state index contributed by atoms with van der Waals surface area (Å²) in [6, 6.07) is 6.11. The van der Waals surface area contributed by atoms with Crippen LogP contribution in [0.4, 0.5) is 0 Å². The van der Waals surface area contributed by atoms with Gasteiger partial charge in [-0.05, 0) is 37.0 Å². The Labute approximate surface area is 96.5 Å². The zero-order valence-electron chi connectivity index (χ0n) is 9.04. The fourth-order valence-electron chi connectivity index (χ4n) is 2.15. The van der Waals surface area contributed by atoms with E-state index >= 15 is 0 Å². The average molecular weight is 226 g/mol. The molecule has 0 saturated heterocycles. The lowest BCUT2D eigenvalue weighted by Crippen LogP contribution is -2.34. The Kier molecular flexibility index (Phi) is 3.89. The highest BCUT2D eigenvalue weighted by Crippen LogP contribution is 2.25. The molecule has 1 aromatic carbocycles. The van der Waals surface area contributed by atoms with Crippen LogP contribution in [-0.4, -0.2) is 12.3 Å². The van der Waals surface area contributed by atoms with Crippen molar-refractivity contribution in [1.29, 1.82) is 0 Å². The molecule has 2 rings (SSSR count). The topological polar surface area (TPSA) is 29.1 Å². The summed E-state index contributed by atoms with van der Waals surface area (Å²) in [5.41, 5.74) is 3.82. The first-order valence-corrected chi connectivity index (χ1v) is 5.02. The van der Waals surface area contributed by atoms with Crippen molar-refractivity contribution in [3.8, 4) is 0 Å². The minimum atomic E-state index is -0.0846. The standard InChI is InChI=1S/C12H15NO.ClH/c1-8-4-3-5-11-10(8)6-7-13-12(11)9(2)14;/h3-5,12-13H,6-7H2,1-2H3;1H. The van der Waals surface area contributed by atoms with E-state index in [9.17, 15) is 4.79 Å². The van der Waals surface area contributed by atoms with Gasteiger partial charge in [0, 0.05) is 6.54 Å². The van der Waals surface area contributed by atoms with Gasteiger partial charge in [0.1, 0.15) is 0 Å². The van der Waals surface area contributed by atoms with E-state index in [2.05, 4.69) is 24.4 Å². The number of ketones is 1. The van der Waals surface area contributed by atoms with Crippen molar-refractivity contribution in [2.24, 2.45) is 0 Å². The molecule has 1 N–H and O–H groups in total. The number of nitrogens with one attached hydrogen (secondary N) is 1. The third kappa shape index (κ3) is 2.21. The Morgan fingerprint density at radius 1 is 1.47 bits per heavy atom. The molecule has 1 aromatic rings. The number of benzene rings is 1. The van der Waals surface area contributed by atoms with Gasteiger partial charge < -0.3 is 5.32 Å². The van der Waals surface area contributed by atoms with Crippen LogP contribution in [0.3, 0.4) is 0 Å². The lowest BCUT2D eigenvalue weighted by Gasteiger charge is -2.26. The molecule has 82 valence electrons.